The van der Waals surface area contributed by atoms with Crippen molar-refractivity contribution < 1.29 is 18.8 Å². The van der Waals surface area contributed by atoms with Crippen molar-refractivity contribution in [2.24, 2.45) is 0 Å². The fourth-order valence-corrected chi connectivity index (χ4v) is 3.03. The van der Waals surface area contributed by atoms with Crippen molar-refractivity contribution in [2.75, 3.05) is 11.9 Å². The Morgan fingerprint density at radius 3 is 2.70 bits per heavy atom. The van der Waals surface area contributed by atoms with E-state index < -0.39 is 10.8 Å². The number of halogens is 1. The molecule has 1 amide bonds. The minimum atomic E-state index is -0.495. The first-order valence-corrected chi connectivity index (χ1v) is 8.69. The molecule has 0 unspecified atom stereocenters. The van der Waals surface area contributed by atoms with Crippen LogP contribution in [-0.4, -0.2) is 22.4 Å². The first kappa shape index (κ1) is 18.5. The highest BCUT2D eigenvalue weighted by molar-refractivity contribution is 7.14. The number of non-ortho nitro benzene ring substituents is 1. The van der Waals surface area contributed by atoms with Crippen LogP contribution in [0.15, 0.2) is 47.8 Å². The first-order chi connectivity index (χ1) is 12.9. The molecule has 0 saturated carbocycles. The van der Waals surface area contributed by atoms with Crippen LogP contribution in [0.3, 0.4) is 0 Å². The maximum absolute atomic E-state index is 13.0. The number of amides is 1. The van der Waals surface area contributed by atoms with Gasteiger partial charge in [0.2, 0.25) is 0 Å². The number of carbonyl (C=O) groups excluding carboxylic acids is 1. The summed E-state index contributed by atoms with van der Waals surface area (Å²) in [7, 11) is 0. The number of hydrogen-bond donors (Lipinski definition) is 1. The van der Waals surface area contributed by atoms with Crippen LogP contribution < -0.4 is 10.1 Å². The number of anilines is 1. The molecule has 0 aliphatic rings. The molecule has 1 heterocycles. The number of nitro benzene ring substituents is 1. The fourth-order valence-electron chi connectivity index (χ4n) is 2.29. The summed E-state index contributed by atoms with van der Waals surface area (Å²) < 4.78 is 18.4. The number of nitro groups is 1. The zero-order chi connectivity index (χ0) is 19.4. The number of benzene rings is 2. The van der Waals surface area contributed by atoms with E-state index in [9.17, 15) is 19.3 Å². The minimum Gasteiger partial charge on any atom is -0.483 e. The van der Waals surface area contributed by atoms with Gasteiger partial charge in [0.25, 0.3) is 11.6 Å². The second-order valence-corrected chi connectivity index (χ2v) is 6.45. The van der Waals surface area contributed by atoms with Crippen LogP contribution in [0.1, 0.15) is 5.56 Å². The van der Waals surface area contributed by atoms with Crippen LogP contribution in [0, 0.1) is 22.9 Å². The summed E-state index contributed by atoms with van der Waals surface area (Å²) in [6.07, 6.45) is 0. The molecule has 0 aliphatic carbocycles. The van der Waals surface area contributed by atoms with Gasteiger partial charge in [-0.1, -0.05) is 0 Å². The summed E-state index contributed by atoms with van der Waals surface area (Å²) in [5.41, 5.74) is 1.89. The maximum atomic E-state index is 13.0. The van der Waals surface area contributed by atoms with Crippen molar-refractivity contribution in [3.8, 4) is 17.0 Å². The van der Waals surface area contributed by atoms with Crippen molar-refractivity contribution in [1.82, 2.24) is 4.98 Å². The van der Waals surface area contributed by atoms with Gasteiger partial charge in [-0.15, -0.1) is 11.3 Å². The van der Waals surface area contributed by atoms with E-state index in [4.69, 9.17) is 4.74 Å². The molecule has 0 radical (unpaired) electrons. The third kappa shape index (κ3) is 4.64. The highest BCUT2D eigenvalue weighted by Crippen LogP contribution is 2.25. The number of aryl methyl sites for hydroxylation is 1. The third-order valence-electron chi connectivity index (χ3n) is 3.62. The molecule has 1 aromatic heterocycles. The molecule has 1 N–H and O–H groups in total. The Bertz CT molecular complexity index is 989. The lowest BCUT2D eigenvalue weighted by Crippen LogP contribution is -2.20. The molecule has 27 heavy (non-hydrogen) atoms. The summed E-state index contributed by atoms with van der Waals surface area (Å²) in [4.78, 5) is 26.6. The van der Waals surface area contributed by atoms with Crippen LogP contribution in [0.5, 0.6) is 5.75 Å². The third-order valence-corrected chi connectivity index (χ3v) is 4.38. The van der Waals surface area contributed by atoms with Gasteiger partial charge in [0.15, 0.2) is 11.7 Å². The molecule has 0 bridgehead atoms. The molecule has 9 heteroatoms. The maximum Gasteiger partial charge on any atom is 0.269 e. The lowest BCUT2D eigenvalue weighted by atomic mass is 10.2. The number of nitrogens with zero attached hydrogens (tertiary/aromatic N) is 2. The first-order valence-electron chi connectivity index (χ1n) is 7.81. The van der Waals surface area contributed by atoms with Crippen LogP contribution in [0.25, 0.3) is 11.3 Å². The Labute approximate surface area is 157 Å². The van der Waals surface area contributed by atoms with Crippen molar-refractivity contribution in [1.29, 1.82) is 0 Å². The topological polar surface area (TPSA) is 94.4 Å². The van der Waals surface area contributed by atoms with Gasteiger partial charge in [0.1, 0.15) is 11.6 Å². The van der Waals surface area contributed by atoms with Gasteiger partial charge in [0, 0.05) is 23.1 Å². The van der Waals surface area contributed by atoms with Crippen molar-refractivity contribution >= 4 is 28.1 Å². The Morgan fingerprint density at radius 2 is 2.04 bits per heavy atom. The number of rotatable bonds is 6. The second-order valence-electron chi connectivity index (χ2n) is 5.59. The van der Waals surface area contributed by atoms with E-state index in [1.807, 2.05) is 0 Å². The molecule has 3 aromatic rings. The van der Waals surface area contributed by atoms with E-state index in [-0.39, 0.29) is 18.1 Å². The molecule has 2 aromatic carbocycles. The molecule has 0 atom stereocenters. The lowest BCUT2D eigenvalue weighted by molar-refractivity contribution is -0.384. The van der Waals surface area contributed by atoms with Gasteiger partial charge in [-0.25, -0.2) is 9.37 Å². The predicted octanol–water partition coefficient (Wildman–Crippen LogP) is 4.18. The molecular formula is C18H14FN3O4S. The predicted molar refractivity (Wildman–Crippen MR) is 99.5 cm³/mol. The van der Waals surface area contributed by atoms with E-state index >= 15 is 0 Å². The van der Waals surface area contributed by atoms with Crippen LogP contribution in [0.4, 0.5) is 15.2 Å². The summed E-state index contributed by atoms with van der Waals surface area (Å²) >= 11 is 1.24. The monoisotopic (exact) mass is 387 g/mol. The Morgan fingerprint density at radius 1 is 1.30 bits per heavy atom. The highest BCUT2D eigenvalue weighted by atomic mass is 32.1. The van der Waals surface area contributed by atoms with E-state index in [0.717, 1.165) is 5.56 Å². The molecule has 3 rings (SSSR count). The van der Waals surface area contributed by atoms with E-state index in [1.165, 1.54) is 41.7 Å². The van der Waals surface area contributed by atoms with Crippen LogP contribution >= 0.6 is 11.3 Å². The number of aromatic nitrogens is 1. The Balaban J connectivity index is 1.58. The van der Waals surface area contributed by atoms with E-state index in [2.05, 4.69) is 10.3 Å². The average Bonchev–Trinajstić information content (AvgIpc) is 3.09. The summed E-state index contributed by atoms with van der Waals surface area (Å²) in [6.45, 7) is 1.40. The summed E-state index contributed by atoms with van der Waals surface area (Å²) in [5, 5.41) is 15.5. The normalized spacial score (nSPS) is 10.4. The largest absolute Gasteiger partial charge is 0.483 e. The highest BCUT2D eigenvalue weighted by Gasteiger charge is 2.12. The molecule has 7 nitrogen and oxygen atoms in total. The van der Waals surface area contributed by atoms with Gasteiger partial charge in [0.05, 0.1) is 10.6 Å². The van der Waals surface area contributed by atoms with E-state index in [0.29, 0.717) is 22.1 Å². The lowest BCUT2D eigenvalue weighted by Gasteiger charge is -2.08. The standard InChI is InChI=1S/C18H14FN3O4S/c1-11-8-14(22(24)25)6-7-16(11)26-9-17(23)21-18-20-15(10-27-18)12-2-4-13(19)5-3-12/h2-8,10H,9H2,1H3,(H,20,21,23). The van der Waals surface area contributed by atoms with Gasteiger partial charge < -0.3 is 4.74 Å². The molecule has 0 saturated heterocycles. The van der Waals surface area contributed by atoms with Crippen molar-refractivity contribution in [3.05, 3.63) is 69.3 Å². The number of thiazole rings is 1. The summed E-state index contributed by atoms with van der Waals surface area (Å²) in [6, 6.07) is 10.0. The average molecular weight is 387 g/mol. The van der Waals surface area contributed by atoms with E-state index in [1.54, 1.807) is 24.4 Å². The van der Waals surface area contributed by atoms with Crippen LogP contribution in [-0.2, 0) is 4.79 Å². The SMILES string of the molecule is Cc1cc([N+](=O)[O-])ccc1OCC(=O)Nc1nc(-c2ccc(F)cc2)cs1. The molecule has 0 fully saturated rings. The Kier molecular flexibility index (Phi) is 5.41. The van der Waals surface area contributed by atoms with Crippen molar-refractivity contribution in [2.45, 2.75) is 6.92 Å². The van der Waals surface area contributed by atoms with Gasteiger partial charge in [-0.3, -0.25) is 20.2 Å². The van der Waals surface area contributed by atoms with Gasteiger partial charge in [-0.2, -0.15) is 0 Å². The fraction of sp³-hybridized carbons (Fsp3) is 0.111. The number of ether oxygens (including phenoxy) is 1. The van der Waals surface area contributed by atoms with Crippen LogP contribution in [0.2, 0.25) is 0 Å². The summed E-state index contributed by atoms with van der Waals surface area (Å²) in [5.74, 6) is -0.351. The zero-order valence-corrected chi connectivity index (χ0v) is 15.0. The number of carbonyl (C=O) groups is 1. The number of hydrogen-bond acceptors (Lipinski definition) is 6. The zero-order valence-electron chi connectivity index (χ0n) is 14.1. The van der Waals surface area contributed by atoms with Crippen molar-refractivity contribution in [3.63, 3.8) is 0 Å². The minimum absolute atomic E-state index is 0.0413. The number of nitrogens with one attached hydrogen (secondary N) is 1. The van der Waals surface area contributed by atoms with Gasteiger partial charge >= 0.3 is 0 Å². The molecule has 138 valence electrons. The molecule has 0 spiro atoms. The smallest absolute Gasteiger partial charge is 0.269 e. The molecule has 0 aliphatic heterocycles. The van der Waals surface area contributed by atoms with Gasteiger partial charge in [-0.05, 0) is 42.8 Å². The quantitative estimate of drug-likeness (QED) is 0.506. The second kappa shape index (κ2) is 7.92. The Hall–Kier alpha value is -3.33. The molecular weight excluding hydrogens is 373 g/mol.